The Morgan fingerprint density at radius 3 is 1.54 bits per heavy atom. The molecule has 0 bridgehead atoms. The Hall–Kier alpha value is -0.370. The van der Waals surface area contributed by atoms with Crippen molar-refractivity contribution >= 4 is 11.9 Å². The van der Waals surface area contributed by atoms with Gasteiger partial charge in [-0.25, -0.2) is 0 Å². The van der Waals surface area contributed by atoms with Crippen LogP contribution in [0, 0.1) is 0 Å². The summed E-state index contributed by atoms with van der Waals surface area (Å²) in [5.41, 5.74) is 1.40. The first-order valence-corrected chi connectivity index (χ1v) is 11.6. The number of rotatable bonds is 17. The molecule has 0 aromatic heterocycles. The molecule has 0 aromatic carbocycles. The van der Waals surface area contributed by atoms with Crippen LogP contribution in [0.25, 0.3) is 0 Å². The molecular weight excluding hydrogens is 310 g/mol. The second-order valence-electron chi connectivity index (χ2n) is 7.29. The Bertz CT molecular complexity index is 322. The summed E-state index contributed by atoms with van der Waals surface area (Å²) in [6.45, 7) is 2.30. The van der Waals surface area contributed by atoms with Crippen LogP contribution in [-0.2, 0) is 0 Å². The predicted molar refractivity (Wildman–Crippen MR) is 112 cm³/mol. The van der Waals surface area contributed by atoms with Gasteiger partial charge in [-0.2, -0.15) is 0 Å². The summed E-state index contributed by atoms with van der Waals surface area (Å²) in [6, 6.07) is 0. The Kier molecular flexibility index (Phi) is 15.8. The summed E-state index contributed by atoms with van der Waals surface area (Å²) in [5, 5.41) is 2.09. The maximum absolute atomic E-state index is 3.36. The highest BCUT2D eigenvalue weighted by molar-refractivity contribution is 8.00. The van der Waals surface area contributed by atoms with Gasteiger partial charge in [-0.3, -0.25) is 0 Å². The van der Waals surface area contributed by atoms with E-state index in [1.54, 1.807) is 11.9 Å². The highest BCUT2D eigenvalue weighted by Crippen LogP contribution is 2.17. The normalized spacial score (nSPS) is 13.8. The zero-order valence-electron chi connectivity index (χ0n) is 16.2. The van der Waals surface area contributed by atoms with Gasteiger partial charge in [-0.05, 0) is 36.3 Å². The molecule has 1 aliphatic heterocycles. The van der Waals surface area contributed by atoms with Crippen molar-refractivity contribution < 1.29 is 0 Å². The zero-order chi connectivity index (χ0) is 17.1. The summed E-state index contributed by atoms with van der Waals surface area (Å²) in [7, 11) is 0. The molecule has 1 nitrogen and oxygen atoms in total. The van der Waals surface area contributed by atoms with Crippen LogP contribution in [0.4, 0.5) is 0 Å². The zero-order valence-corrected chi connectivity index (χ0v) is 17.0. The number of nitrogens with one attached hydrogen (secondary N) is 1. The van der Waals surface area contributed by atoms with E-state index in [0.29, 0.717) is 0 Å². The minimum atomic E-state index is 1.22. The van der Waals surface area contributed by atoms with Crippen LogP contribution in [0.15, 0.2) is 23.3 Å². The summed E-state index contributed by atoms with van der Waals surface area (Å²) in [6.07, 6.45) is 28.7. The number of unbranched alkanes of at least 4 members (excludes halogenated alkanes) is 15. The van der Waals surface area contributed by atoms with E-state index in [9.17, 15) is 0 Å². The molecule has 2 heteroatoms. The number of allylic oxidation sites excluding steroid dienone is 3. The third kappa shape index (κ3) is 14.0. The van der Waals surface area contributed by atoms with Gasteiger partial charge in [0.25, 0.3) is 0 Å². The lowest BCUT2D eigenvalue weighted by atomic mass is 10.0. The van der Waals surface area contributed by atoms with E-state index in [4.69, 9.17) is 0 Å². The molecule has 1 heterocycles. The fourth-order valence-corrected chi connectivity index (χ4v) is 3.88. The van der Waals surface area contributed by atoms with E-state index in [1.165, 1.54) is 115 Å². The van der Waals surface area contributed by atoms with Crippen LogP contribution in [0.2, 0.25) is 0 Å². The fourth-order valence-electron chi connectivity index (χ4n) is 3.34. The van der Waals surface area contributed by atoms with Gasteiger partial charge in [-0.15, -0.1) is 0 Å². The van der Waals surface area contributed by atoms with Crippen LogP contribution >= 0.6 is 11.9 Å². The molecule has 0 spiro atoms. The highest BCUT2D eigenvalue weighted by atomic mass is 32.2. The van der Waals surface area contributed by atoms with E-state index in [-0.39, 0.29) is 0 Å². The lowest BCUT2D eigenvalue weighted by Gasteiger charge is -2.10. The topological polar surface area (TPSA) is 12.0 Å². The van der Waals surface area contributed by atoms with Gasteiger partial charge in [0, 0.05) is 5.70 Å². The van der Waals surface area contributed by atoms with Crippen LogP contribution in [0.1, 0.15) is 116 Å². The van der Waals surface area contributed by atoms with Crippen molar-refractivity contribution in [2.45, 2.75) is 116 Å². The summed E-state index contributed by atoms with van der Waals surface area (Å²) >= 11 is 1.69. The van der Waals surface area contributed by atoms with Crippen LogP contribution in [0.5, 0.6) is 0 Å². The first kappa shape index (κ1) is 21.7. The first-order valence-electron chi connectivity index (χ1n) is 10.7. The van der Waals surface area contributed by atoms with E-state index in [2.05, 4.69) is 29.2 Å². The van der Waals surface area contributed by atoms with Crippen molar-refractivity contribution in [2.75, 3.05) is 0 Å². The molecule has 0 atom stereocenters. The molecule has 0 unspecified atom stereocenters. The third-order valence-electron chi connectivity index (χ3n) is 4.93. The Labute approximate surface area is 156 Å². The van der Waals surface area contributed by atoms with Crippen molar-refractivity contribution in [3.8, 4) is 0 Å². The third-order valence-corrected chi connectivity index (χ3v) is 5.61. The van der Waals surface area contributed by atoms with Crippen LogP contribution < -0.4 is 4.72 Å². The van der Waals surface area contributed by atoms with E-state index >= 15 is 0 Å². The Balaban J connectivity index is 1.69. The van der Waals surface area contributed by atoms with E-state index in [0.717, 1.165) is 0 Å². The number of hydrogen-bond donors (Lipinski definition) is 1. The summed E-state index contributed by atoms with van der Waals surface area (Å²) < 4.78 is 3.36. The highest BCUT2D eigenvalue weighted by Gasteiger charge is 1.99. The fraction of sp³-hybridized carbons (Fsp3) is 0.818. The summed E-state index contributed by atoms with van der Waals surface area (Å²) in [5.74, 6) is 0. The van der Waals surface area contributed by atoms with Crippen LogP contribution in [0.3, 0.4) is 0 Å². The van der Waals surface area contributed by atoms with Gasteiger partial charge in [-0.1, -0.05) is 109 Å². The van der Waals surface area contributed by atoms with Crippen molar-refractivity contribution in [1.29, 1.82) is 0 Å². The lowest BCUT2D eigenvalue weighted by molar-refractivity contribution is 0.529. The molecule has 0 saturated heterocycles. The smallest absolute Gasteiger partial charge is 0.0214 e. The van der Waals surface area contributed by atoms with Crippen molar-refractivity contribution in [3.63, 3.8) is 0 Å². The van der Waals surface area contributed by atoms with Gasteiger partial charge >= 0.3 is 0 Å². The molecule has 24 heavy (non-hydrogen) atoms. The molecule has 0 aliphatic carbocycles. The Morgan fingerprint density at radius 2 is 1.12 bits per heavy atom. The van der Waals surface area contributed by atoms with Gasteiger partial charge in [0.1, 0.15) is 0 Å². The molecule has 0 radical (unpaired) electrons. The second kappa shape index (κ2) is 17.5. The predicted octanol–water partition coefficient (Wildman–Crippen LogP) is 8.29. The summed E-state index contributed by atoms with van der Waals surface area (Å²) in [4.78, 5) is 0. The standard InChI is InChI=1S/C22H41NS/c1-2-3-4-5-6-7-8-9-10-11-12-13-14-15-16-17-19-22-20-18-21-24-23-22/h18,20-21,23H,2-17,19H2,1H3. The molecule has 0 aromatic rings. The monoisotopic (exact) mass is 351 g/mol. The number of hydrogen-bond acceptors (Lipinski definition) is 2. The molecule has 1 rings (SSSR count). The average molecular weight is 352 g/mol. The maximum Gasteiger partial charge on any atom is 0.0214 e. The van der Waals surface area contributed by atoms with Gasteiger partial charge in [0.15, 0.2) is 0 Å². The van der Waals surface area contributed by atoms with Crippen molar-refractivity contribution in [1.82, 2.24) is 4.72 Å². The molecular formula is C22H41NS. The molecule has 140 valence electrons. The van der Waals surface area contributed by atoms with Crippen molar-refractivity contribution in [3.05, 3.63) is 23.3 Å². The second-order valence-corrected chi connectivity index (χ2v) is 8.01. The lowest BCUT2D eigenvalue weighted by Crippen LogP contribution is -2.03. The molecule has 0 fully saturated rings. The van der Waals surface area contributed by atoms with Crippen molar-refractivity contribution in [2.24, 2.45) is 0 Å². The van der Waals surface area contributed by atoms with Gasteiger partial charge < -0.3 is 4.72 Å². The Morgan fingerprint density at radius 1 is 0.667 bits per heavy atom. The average Bonchev–Trinajstić information content (AvgIpc) is 2.62. The molecule has 0 amide bonds. The quantitative estimate of drug-likeness (QED) is 0.209. The molecule has 0 saturated carbocycles. The SMILES string of the molecule is CCCCCCCCCCCCCCCCCCC1=CC=CSN1. The molecule has 1 aliphatic rings. The maximum atomic E-state index is 3.36. The largest absolute Gasteiger partial charge is 0.330 e. The minimum absolute atomic E-state index is 1.22. The minimum Gasteiger partial charge on any atom is -0.330 e. The van der Waals surface area contributed by atoms with Gasteiger partial charge in [0.05, 0.1) is 0 Å². The van der Waals surface area contributed by atoms with E-state index in [1.807, 2.05) is 0 Å². The first-order chi connectivity index (χ1) is 11.9. The molecule has 1 N–H and O–H groups in total. The van der Waals surface area contributed by atoms with Gasteiger partial charge in [0.2, 0.25) is 0 Å². The van der Waals surface area contributed by atoms with E-state index < -0.39 is 0 Å². The van der Waals surface area contributed by atoms with Crippen LogP contribution in [-0.4, -0.2) is 0 Å².